The molecule has 3 heterocycles. The number of hydrogen-bond acceptors (Lipinski definition) is 2. The summed E-state index contributed by atoms with van der Waals surface area (Å²) in [5.41, 5.74) is 7.12. The molecule has 1 aliphatic rings. The molecule has 0 amide bonds. The lowest BCUT2D eigenvalue weighted by Gasteiger charge is -2.23. The fourth-order valence-electron chi connectivity index (χ4n) is 4.97. The van der Waals surface area contributed by atoms with E-state index >= 15 is 4.39 Å². The van der Waals surface area contributed by atoms with E-state index in [-0.39, 0.29) is 5.82 Å². The molecule has 0 fully saturated rings. The highest BCUT2D eigenvalue weighted by Crippen LogP contribution is 2.41. The average Bonchev–Trinajstić information content (AvgIpc) is 3.20. The van der Waals surface area contributed by atoms with Gasteiger partial charge in [-0.25, -0.2) is 18.2 Å². The van der Waals surface area contributed by atoms with Gasteiger partial charge in [-0.15, -0.1) is 0 Å². The van der Waals surface area contributed by atoms with Crippen LogP contribution < -0.4 is 4.74 Å². The molecule has 6 heteroatoms. The maximum Gasteiger partial charge on any atom is 0.165 e. The van der Waals surface area contributed by atoms with Gasteiger partial charge in [0.15, 0.2) is 23.2 Å². The smallest absolute Gasteiger partial charge is 0.165 e. The van der Waals surface area contributed by atoms with Gasteiger partial charge in [0.25, 0.3) is 0 Å². The van der Waals surface area contributed by atoms with Crippen LogP contribution in [-0.2, 0) is 19.4 Å². The second-order valence-electron chi connectivity index (χ2n) is 8.62. The largest absolute Gasteiger partial charge is 0.490 e. The second-order valence-corrected chi connectivity index (χ2v) is 8.62. The Labute approximate surface area is 190 Å². The highest BCUT2D eigenvalue weighted by Gasteiger charge is 2.24. The molecule has 33 heavy (non-hydrogen) atoms. The van der Waals surface area contributed by atoms with Gasteiger partial charge in [0.2, 0.25) is 0 Å². The van der Waals surface area contributed by atoms with Crippen LogP contribution in [0.2, 0.25) is 0 Å². The monoisotopic (exact) mass is 450 g/mol. The van der Waals surface area contributed by atoms with Crippen molar-refractivity contribution < 1.29 is 17.9 Å². The summed E-state index contributed by atoms with van der Waals surface area (Å²) in [4.78, 5) is 4.84. The van der Waals surface area contributed by atoms with Crippen molar-refractivity contribution in [3.05, 3.63) is 81.9 Å². The molecule has 5 rings (SSSR count). The number of nitrogens with zero attached hydrogens (tertiary/aromatic N) is 2. The molecule has 0 saturated carbocycles. The number of pyridine rings is 1. The first-order chi connectivity index (χ1) is 15.9. The van der Waals surface area contributed by atoms with Gasteiger partial charge in [-0.1, -0.05) is 13.0 Å². The predicted molar refractivity (Wildman–Crippen MR) is 123 cm³/mol. The number of benzene rings is 2. The van der Waals surface area contributed by atoms with Crippen LogP contribution in [0.4, 0.5) is 13.2 Å². The normalized spacial score (nSPS) is 13.3. The first-order valence-corrected chi connectivity index (χ1v) is 11.3. The summed E-state index contributed by atoms with van der Waals surface area (Å²) in [5, 5.41) is 0.916. The zero-order valence-corrected chi connectivity index (χ0v) is 18.9. The van der Waals surface area contributed by atoms with Crippen molar-refractivity contribution in [2.45, 2.75) is 46.6 Å². The SMILES string of the molecule is CCc1c(C)nc2c(ccn2Cc2ccc(F)c(F)c2)c1-c1cc(F)c2c(c1C)CCCO2. The number of aryl methyl sites for hydroxylation is 1. The lowest BCUT2D eigenvalue weighted by molar-refractivity contribution is 0.273. The van der Waals surface area contributed by atoms with E-state index in [2.05, 4.69) is 6.92 Å². The minimum atomic E-state index is -0.871. The Morgan fingerprint density at radius 1 is 1.03 bits per heavy atom. The van der Waals surface area contributed by atoms with E-state index < -0.39 is 11.6 Å². The van der Waals surface area contributed by atoms with Gasteiger partial charge in [-0.05, 0) is 85.2 Å². The summed E-state index contributed by atoms with van der Waals surface area (Å²) in [6.45, 7) is 6.95. The zero-order chi connectivity index (χ0) is 23.3. The molecular weight excluding hydrogens is 425 g/mol. The van der Waals surface area contributed by atoms with Gasteiger partial charge in [-0.2, -0.15) is 0 Å². The molecule has 4 aromatic rings. The van der Waals surface area contributed by atoms with Gasteiger partial charge in [0, 0.05) is 29.4 Å². The summed E-state index contributed by atoms with van der Waals surface area (Å²) in [7, 11) is 0. The summed E-state index contributed by atoms with van der Waals surface area (Å²) < 4.78 is 49.7. The van der Waals surface area contributed by atoms with E-state index in [1.807, 2.05) is 30.7 Å². The Balaban J connectivity index is 1.71. The Morgan fingerprint density at radius 3 is 2.61 bits per heavy atom. The van der Waals surface area contributed by atoms with E-state index in [0.29, 0.717) is 24.5 Å². The van der Waals surface area contributed by atoms with Crippen molar-refractivity contribution in [2.75, 3.05) is 6.61 Å². The zero-order valence-electron chi connectivity index (χ0n) is 18.9. The molecule has 2 aromatic heterocycles. The maximum absolute atomic E-state index is 15.1. The van der Waals surface area contributed by atoms with Crippen molar-refractivity contribution in [3.63, 3.8) is 0 Å². The number of hydrogen-bond donors (Lipinski definition) is 0. The Morgan fingerprint density at radius 2 is 1.85 bits per heavy atom. The van der Waals surface area contributed by atoms with Gasteiger partial charge >= 0.3 is 0 Å². The van der Waals surface area contributed by atoms with Crippen molar-refractivity contribution in [1.82, 2.24) is 9.55 Å². The minimum Gasteiger partial charge on any atom is -0.490 e. The molecule has 3 nitrogen and oxygen atoms in total. The van der Waals surface area contributed by atoms with Crippen LogP contribution in [0.5, 0.6) is 5.75 Å². The molecule has 0 atom stereocenters. The van der Waals surface area contributed by atoms with Crippen LogP contribution >= 0.6 is 0 Å². The van der Waals surface area contributed by atoms with Crippen molar-refractivity contribution in [1.29, 1.82) is 0 Å². The van der Waals surface area contributed by atoms with Crippen molar-refractivity contribution in [2.24, 2.45) is 0 Å². The van der Waals surface area contributed by atoms with Crippen LogP contribution in [0.3, 0.4) is 0 Å². The average molecular weight is 451 g/mol. The topological polar surface area (TPSA) is 27.1 Å². The molecule has 0 N–H and O–H groups in total. The molecule has 0 bridgehead atoms. The molecule has 0 radical (unpaired) electrons. The van der Waals surface area contributed by atoms with Gasteiger partial charge < -0.3 is 9.30 Å². The highest BCUT2D eigenvalue weighted by atomic mass is 19.2. The summed E-state index contributed by atoms with van der Waals surface area (Å²) in [6, 6.07) is 7.47. The summed E-state index contributed by atoms with van der Waals surface area (Å²) in [5.74, 6) is -1.70. The molecule has 0 unspecified atom stereocenters. The fraction of sp³-hybridized carbons (Fsp3) is 0.296. The maximum atomic E-state index is 15.1. The Bertz CT molecular complexity index is 1390. The summed E-state index contributed by atoms with van der Waals surface area (Å²) >= 11 is 0. The van der Waals surface area contributed by atoms with Crippen LogP contribution in [0.25, 0.3) is 22.2 Å². The molecule has 2 aromatic carbocycles. The van der Waals surface area contributed by atoms with Crippen LogP contribution in [0.1, 0.15) is 41.3 Å². The molecule has 0 aliphatic carbocycles. The summed E-state index contributed by atoms with van der Waals surface area (Å²) in [6.07, 6.45) is 4.31. The van der Waals surface area contributed by atoms with Gasteiger partial charge in [0.05, 0.1) is 6.61 Å². The number of aromatic nitrogens is 2. The lowest BCUT2D eigenvalue weighted by Crippen LogP contribution is -2.12. The van der Waals surface area contributed by atoms with E-state index in [4.69, 9.17) is 9.72 Å². The van der Waals surface area contributed by atoms with E-state index in [1.165, 1.54) is 6.07 Å². The molecule has 0 saturated heterocycles. The van der Waals surface area contributed by atoms with Crippen LogP contribution in [-0.4, -0.2) is 16.2 Å². The third-order valence-corrected chi connectivity index (χ3v) is 6.61. The van der Waals surface area contributed by atoms with Gasteiger partial charge in [0.1, 0.15) is 5.65 Å². The highest BCUT2D eigenvalue weighted by molar-refractivity contribution is 5.97. The Hall–Kier alpha value is -3.28. The second kappa shape index (κ2) is 8.25. The van der Waals surface area contributed by atoms with E-state index in [9.17, 15) is 8.78 Å². The Kier molecular flexibility index (Phi) is 5.39. The molecule has 1 aliphatic heterocycles. The number of fused-ring (bicyclic) bond motifs is 2. The molecular formula is C27H25F3N2O. The standard InChI is InChI=1S/C27H25F3N2O/c1-4-18-16(3)31-27-20(9-10-32(27)14-17-7-8-22(28)23(29)12-17)25(18)21-13-24(30)26-19(15(21)2)6-5-11-33-26/h7-10,12-13H,4-6,11,14H2,1-3H3. The van der Waals surface area contributed by atoms with Gasteiger partial charge in [-0.3, -0.25) is 0 Å². The minimum absolute atomic E-state index is 0.337. The molecule has 170 valence electrons. The predicted octanol–water partition coefficient (Wildman–Crippen LogP) is 6.67. The first-order valence-electron chi connectivity index (χ1n) is 11.3. The molecule has 0 spiro atoms. The van der Waals surface area contributed by atoms with Crippen molar-refractivity contribution >= 4 is 11.0 Å². The third-order valence-electron chi connectivity index (χ3n) is 6.61. The number of ether oxygens (including phenoxy) is 1. The third kappa shape index (κ3) is 3.58. The quantitative estimate of drug-likeness (QED) is 0.347. The van der Waals surface area contributed by atoms with E-state index in [1.54, 1.807) is 12.1 Å². The van der Waals surface area contributed by atoms with Crippen molar-refractivity contribution in [3.8, 4) is 16.9 Å². The first kappa shape index (κ1) is 21.6. The van der Waals surface area contributed by atoms with E-state index in [0.717, 1.165) is 69.9 Å². The number of rotatable bonds is 4. The van der Waals surface area contributed by atoms with Crippen LogP contribution in [0, 0.1) is 31.3 Å². The lowest BCUT2D eigenvalue weighted by atomic mass is 9.88. The fourth-order valence-corrected chi connectivity index (χ4v) is 4.97. The van der Waals surface area contributed by atoms with Crippen LogP contribution in [0.15, 0.2) is 36.5 Å². The number of halogens is 3.